The zero-order valence-corrected chi connectivity index (χ0v) is 16.9. The number of nitrogens with one attached hydrogen (secondary N) is 1. The van der Waals surface area contributed by atoms with Gasteiger partial charge in [-0.05, 0) is 24.1 Å². The molecule has 1 amide bonds. The fourth-order valence-corrected chi connectivity index (χ4v) is 3.39. The Kier molecular flexibility index (Phi) is 6.61. The first-order valence-corrected chi connectivity index (χ1v) is 9.83. The van der Waals surface area contributed by atoms with E-state index >= 15 is 0 Å². The summed E-state index contributed by atoms with van der Waals surface area (Å²) in [6.45, 7) is 4.11. The van der Waals surface area contributed by atoms with E-state index in [0.29, 0.717) is 26.2 Å². The summed E-state index contributed by atoms with van der Waals surface area (Å²) in [5.41, 5.74) is 8.66. The molecule has 1 aliphatic heterocycles. The molecule has 0 aliphatic carbocycles. The number of piperazine rings is 1. The maximum Gasteiger partial charge on any atom is 0.306 e. The third-order valence-corrected chi connectivity index (χ3v) is 5.21. The van der Waals surface area contributed by atoms with Crippen molar-refractivity contribution in [3.63, 3.8) is 0 Å². The second kappa shape index (κ2) is 9.34. The van der Waals surface area contributed by atoms with Gasteiger partial charge in [-0.25, -0.2) is 9.97 Å². The molecule has 30 heavy (non-hydrogen) atoms. The van der Waals surface area contributed by atoms with Gasteiger partial charge < -0.3 is 26.0 Å². The summed E-state index contributed by atoms with van der Waals surface area (Å²) in [4.78, 5) is 35.3. The third-order valence-electron chi connectivity index (χ3n) is 5.21. The van der Waals surface area contributed by atoms with Gasteiger partial charge in [0, 0.05) is 55.5 Å². The molecule has 2 aromatic rings. The van der Waals surface area contributed by atoms with Crippen LogP contribution in [0.1, 0.15) is 19.8 Å². The average Bonchev–Trinajstić information content (AvgIpc) is 2.74. The SMILES string of the molecule is CC(CC(=N)CC(=O)N1CCN(c2ccc(-c3cnc(N)nc3)cc2)CC1)C(=O)O. The van der Waals surface area contributed by atoms with Crippen molar-refractivity contribution < 1.29 is 14.7 Å². The monoisotopic (exact) mass is 410 g/mol. The van der Waals surface area contributed by atoms with Gasteiger partial charge in [0.25, 0.3) is 0 Å². The molecule has 9 heteroatoms. The zero-order chi connectivity index (χ0) is 21.7. The second-order valence-corrected chi connectivity index (χ2v) is 7.47. The minimum absolute atomic E-state index is 0.0179. The van der Waals surface area contributed by atoms with Crippen LogP contribution in [-0.4, -0.2) is 63.7 Å². The van der Waals surface area contributed by atoms with E-state index in [2.05, 4.69) is 14.9 Å². The molecular formula is C21H26N6O3. The summed E-state index contributed by atoms with van der Waals surface area (Å²) < 4.78 is 0. The lowest BCUT2D eigenvalue weighted by Crippen LogP contribution is -2.49. The van der Waals surface area contributed by atoms with E-state index in [0.717, 1.165) is 16.8 Å². The zero-order valence-electron chi connectivity index (χ0n) is 16.9. The molecule has 4 N–H and O–H groups in total. The standard InChI is InChI=1S/C21H26N6O3/c1-14(20(29)30)10-17(22)11-19(28)27-8-6-26(7-9-27)18-4-2-15(3-5-18)16-12-24-21(23)25-13-16/h2-5,12-14,22H,6-11H2,1H3,(H,29,30)(H2,23,24,25). The van der Waals surface area contributed by atoms with Crippen LogP contribution >= 0.6 is 0 Å². The number of anilines is 2. The number of carboxylic acid groups (broad SMARTS) is 1. The third kappa shape index (κ3) is 5.31. The van der Waals surface area contributed by atoms with Crippen molar-refractivity contribution in [1.82, 2.24) is 14.9 Å². The molecule has 0 spiro atoms. The highest BCUT2D eigenvalue weighted by Crippen LogP contribution is 2.23. The molecular weight excluding hydrogens is 384 g/mol. The average molecular weight is 410 g/mol. The molecule has 0 saturated carbocycles. The summed E-state index contributed by atoms with van der Waals surface area (Å²) in [5.74, 6) is -1.47. The summed E-state index contributed by atoms with van der Waals surface area (Å²) in [6.07, 6.45) is 3.47. The van der Waals surface area contributed by atoms with Crippen LogP contribution in [0.25, 0.3) is 11.1 Å². The molecule has 2 heterocycles. The molecule has 1 aromatic carbocycles. The Hall–Kier alpha value is -3.49. The molecule has 0 bridgehead atoms. The number of benzene rings is 1. The van der Waals surface area contributed by atoms with E-state index in [1.165, 1.54) is 0 Å². The minimum Gasteiger partial charge on any atom is -0.481 e. The molecule has 0 radical (unpaired) electrons. The van der Waals surface area contributed by atoms with Crippen molar-refractivity contribution in [3.8, 4) is 11.1 Å². The number of amides is 1. The molecule has 1 aliphatic rings. The van der Waals surface area contributed by atoms with Gasteiger partial charge in [-0.1, -0.05) is 19.1 Å². The Morgan fingerprint density at radius 1 is 1.10 bits per heavy atom. The van der Waals surface area contributed by atoms with Crippen LogP contribution in [-0.2, 0) is 9.59 Å². The number of carboxylic acids is 1. The Morgan fingerprint density at radius 2 is 1.70 bits per heavy atom. The van der Waals surface area contributed by atoms with Crippen molar-refractivity contribution in [1.29, 1.82) is 5.41 Å². The van der Waals surface area contributed by atoms with E-state index in [4.69, 9.17) is 16.2 Å². The lowest BCUT2D eigenvalue weighted by molar-refractivity contribution is -0.141. The maximum atomic E-state index is 12.4. The molecule has 1 unspecified atom stereocenters. The number of carbonyl (C=O) groups excluding carboxylic acids is 1. The first-order chi connectivity index (χ1) is 14.3. The number of hydrogen-bond donors (Lipinski definition) is 3. The quantitative estimate of drug-likeness (QED) is 0.593. The maximum absolute atomic E-state index is 12.4. The van der Waals surface area contributed by atoms with Gasteiger partial charge in [-0.3, -0.25) is 9.59 Å². The Balaban J connectivity index is 1.51. The predicted octanol–water partition coefficient (Wildman–Crippen LogP) is 1.90. The Morgan fingerprint density at radius 3 is 2.27 bits per heavy atom. The number of rotatable bonds is 7. The number of nitrogens with zero attached hydrogens (tertiary/aromatic N) is 4. The van der Waals surface area contributed by atoms with Crippen molar-refractivity contribution in [2.75, 3.05) is 36.8 Å². The number of carbonyl (C=O) groups is 2. The first kappa shape index (κ1) is 21.2. The number of hydrogen-bond acceptors (Lipinski definition) is 7. The number of nitrogen functional groups attached to an aromatic ring is 1. The minimum atomic E-state index is -0.948. The summed E-state index contributed by atoms with van der Waals surface area (Å²) in [6, 6.07) is 8.08. The molecule has 1 aromatic heterocycles. The second-order valence-electron chi connectivity index (χ2n) is 7.47. The molecule has 1 saturated heterocycles. The van der Waals surface area contributed by atoms with Crippen LogP contribution in [0, 0.1) is 11.3 Å². The highest BCUT2D eigenvalue weighted by Gasteiger charge is 2.23. The molecule has 1 atom stereocenters. The molecule has 158 valence electrons. The largest absolute Gasteiger partial charge is 0.481 e. The predicted molar refractivity (Wildman–Crippen MR) is 114 cm³/mol. The van der Waals surface area contributed by atoms with E-state index in [9.17, 15) is 9.59 Å². The van der Waals surface area contributed by atoms with Gasteiger partial charge in [-0.2, -0.15) is 0 Å². The van der Waals surface area contributed by atoms with Gasteiger partial charge >= 0.3 is 5.97 Å². The molecule has 1 fully saturated rings. The Labute approximate surface area is 175 Å². The Bertz CT molecular complexity index is 905. The van der Waals surface area contributed by atoms with Crippen LogP contribution in [0.3, 0.4) is 0 Å². The van der Waals surface area contributed by atoms with E-state index in [1.54, 1.807) is 24.2 Å². The van der Waals surface area contributed by atoms with Crippen molar-refractivity contribution in [2.24, 2.45) is 5.92 Å². The van der Waals surface area contributed by atoms with Gasteiger partial charge in [0.05, 0.1) is 12.3 Å². The highest BCUT2D eigenvalue weighted by molar-refractivity contribution is 6.00. The number of aliphatic carboxylic acids is 1. The number of nitrogens with two attached hydrogens (primary N) is 1. The normalized spacial score (nSPS) is 15.0. The summed E-state index contributed by atoms with van der Waals surface area (Å²) >= 11 is 0. The van der Waals surface area contributed by atoms with E-state index < -0.39 is 11.9 Å². The fourth-order valence-electron chi connectivity index (χ4n) is 3.39. The van der Waals surface area contributed by atoms with Crippen LogP contribution in [0.4, 0.5) is 11.6 Å². The molecule has 9 nitrogen and oxygen atoms in total. The van der Waals surface area contributed by atoms with E-state index in [-0.39, 0.29) is 30.4 Å². The summed E-state index contributed by atoms with van der Waals surface area (Å²) in [5, 5.41) is 16.8. The first-order valence-electron chi connectivity index (χ1n) is 9.83. The van der Waals surface area contributed by atoms with Crippen LogP contribution < -0.4 is 10.6 Å². The van der Waals surface area contributed by atoms with Crippen LogP contribution in [0.15, 0.2) is 36.7 Å². The van der Waals surface area contributed by atoms with Crippen molar-refractivity contribution in [3.05, 3.63) is 36.7 Å². The van der Waals surface area contributed by atoms with E-state index in [1.807, 2.05) is 24.3 Å². The lowest BCUT2D eigenvalue weighted by atomic mass is 10.0. The van der Waals surface area contributed by atoms with Gasteiger partial charge in [0.1, 0.15) is 0 Å². The van der Waals surface area contributed by atoms with Gasteiger partial charge in [0.15, 0.2) is 0 Å². The smallest absolute Gasteiger partial charge is 0.306 e. The van der Waals surface area contributed by atoms with Gasteiger partial charge in [-0.15, -0.1) is 0 Å². The van der Waals surface area contributed by atoms with Crippen molar-refractivity contribution >= 4 is 29.2 Å². The summed E-state index contributed by atoms with van der Waals surface area (Å²) in [7, 11) is 0. The number of aromatic nitrogens is 2. The van der Waals surface area contributed by atoms with Gasteiger partial charge in [0.2, 0.25) is 11.9 Å². The topological polar surface area (TPSA) is 136 Å². The van der Waals surface area contributed by atoms with Crippen LogP contribution in [0.2, 0.25) is 0 Å². The lowest BCUT2D eigenvalue weighted by Gasteiger charge is -2.36. The van der Waals surface area contributed by atoms with Crippen LogP contribution in [0.5, 0.6) is 0 Å². The van der Waals surface area contributed by atoms with Crippen molar-refractivity contribution in [2.45, 2.75) is 19.8 Å². The highest BCUT2D eigenvalue weighted by atomic mass is 16.4. The molecule has 3 rings (SSSR count). The fraction of sp³-hybridized carbons (Fsp3) is 0.381.